The van der Waals surface area contributed by atoms with Gasteiger partial charge < -0.3 is 5.32 Å². The zero-order valence-electron chi connectivity index (χ0n) is 11.8. The third-order valence-corrected chi connectivity index (χ3v) is 4.33. The Labute approximate surface area is 124 Å². The fourth-order valence-electron chi connectivity index (χ4n) is 2.89. The highest BCUT2D eigenvalue weighted by atomic mass is 19.1. The molecule has 0 aliphatic heterocycles. The van der Waals surface area contributed by atoms with E-state index in [0.29, 0.717) is 6.54 Å². The molecule has 0 heterocycles. The fraction of sp³-hybridized carbons (Fsp3) is 0.278. The molecule has 108 valence electrons. The van der Waals surface area contributed by atoms with Crippen LogP contribution in [0.1, 0.15) is 30.4 Å². The number of carbonyl (C=O) groups is 1. The number of amides is 1. The number of hydrogen-bond donors (Lipinski definition) is 1. The highest BCUT2D eigenvalue weighted by molar-refractivity contribution is 5.89. The lowest BCUT2D eigenvalue weighted by atomic mass is 9.64. The Morgan fingerprint density at radius 2 is 1.71 bits per heavy atom. The third kappa shape index (κ3) is 2.68. The lowest BCUT2D eigenvalue weighted by molar-refractivity contribution is -0.130. The summed E-state index contributed by atoms with van der Waals surface area (Å²) in [5, 5.41) is 3.00. The largest absolute Gasteiger partial charge is 0.351 e. The number of nitrogens with one attached hydrogen (secondary N) is 1. The van der Waals surface area contributed by atoms with Crippen molar-refractivity contribution in [1.29, 1.82) is 0 Å². The van der Waals surface area contributed by atoms with Gasteiger partial charge in [0.2, 0.25) is 5.91 Å². The van der Waals surface area contributed by atoms with Crippen molar-refractivity contribution in [3.63, 3.8) is 0 Å². The normalized spacial score (nSPS) is 16.0. The van der Waals surface area contributed by atoms with E-state index in [2.05, 4.69) is 5.32 Å². The molecule has 0 radical (unpaired) electrons. The zero-order valence-corrected chi connectivity index (χ0v) is 11.8. The van der Waals surface area contributed by atoms with Crippen LogP contribution in [0.25, 0.3) is 0 Å². The lowest BCUT2D eigenvalue weighted by Gasteiger charge is -2.40. The second-order valence-corrected chi connectivity index (χ2v) is 5.61. The number of hydrogen-bond acceptors (Lipinski definition) is 1. The van der Waals surface area contributed by atoms with Crippen molar-refractivity contribution in [1.82, 2.24) is 5.32 Å². The summed E-state index contributed by atoms with van der Waals surface area (Å²) in [6.07, 6.45) is 2.87. The molecule has 0 atom stereocenters. The zero-order chi connectivity index (χ0) is 14.7. The second kappa shape index (κ2) is 5.68. The van der Waals surface area contributed by atoms with Crippen LogP contribution in [0.4, 0.5) is 4.39 Å². The van der Waals surface area contributed by atoms with Gasteiger partial charge in [0.1, 0.15) is 5.82 Å². The molecule has 1 N–H and O–H groups in total. The Bertz CT molecular complexity index is 617. The Kier molecular flexibility index (Phi) is 3.74. The van der Waals surface area contributed by atoms with Crippen LogP contribution in [-0.2, 0) is 16.8 Å². The molecule has 0 aromatic heterocycles. The van der Waals surface area contributed by atoms with E-state index >= 15 is 0 Å². The summed E-state index contributed by atoms with van der Waals surface area (Å²) in [6.45, 7) is 0.438. The van der Waals surface area contributed by atoms with E-state index in [-0.39, 0.29) is 17.1 Å². The molecule has 1 fully saturated rings. The predicted octanol–water partition coefficient (Wildman–Crippen LogP) is 3.56. The maximum Gasteiger partial charge on any atom is 0.230 e. The summed E-state index contributed by atoms with van der Waals surface area (Å²) in [7, 11) is 0. The highest BCUT2D eigenvalue weighted by Crippen LogP contribution is 2.43. The SMILES string of the molecule is O=C(NCc1ccc(F)cc1)C1(c2ccccc2)CCC1. The Balaban J connectivity index is 1.70. The summed E-state index contributed by atoms with van der Waals surface area (Å²) in [6, 6.07) is 16.2. The summed E-state index contributed by atoms with van der Waals surface area (Å²) < 4.78 is 12.9. The van der Waals surface area contributed by atoms with Crippen LogP contribution in [0.2, 0.25) is 0 Å². The van der Waals surface area contributed by atoms with Crippen LogP contribution >= 0.6 is 0 Å². The van der Waals surface area contributed by atoms with Gasteiger partial charge in [-0.2, -0.15) is 0 Å². The van der Waals surface area contributed by atoms with Gasteiger partial charge >= 0.3 is 0 Å². The Morgan fingerprint density at radius 3 is 2.29 bits per heavy atom. The summed E-state index contributed by atoms with van der Waals surface area (Å²) >= 11 is 0. The van der Waals surface area contributed by atoms with Crippen LogP contribution < -0.4 is 5.32 Å². The maximum atomic E-state index is 12.9. The molecule has 1 amide bonds. The van der Waals surface area contributed by atoms with Crippen LogP contribution in [0.5, 0.6) is 0 Å². The monoisotopic (exact) mass is 283 g/mol. The molecular weight excluding hydrogens is 265 g/mol. The standard InChI is InChI=1S/C18H18FNO/c19-16-9-7-14(8-10-16)13-20-17(21)18(11-4-12-18)15-5-2-1-3-6-15/h1-3,5-10H,4,11-13H2,(H,20,21). The van der Waals surface area contributed by atoms with Crippen molar-refractivity contribution in [3.05, 3.63) is 71.5 Å². The van der Waals surface area contributed by atoms with Crippen LogP contribution in [-0.4, -0.2) is 5.91 Å². The van der Waals surface area contributed by atoms with E-state index in [1.165, 1.54) is 12.1 Å². The first-order valence-corrected chi connectivity index (χ1v) is 7.29. The lowest BCUT2D eigenvalue weighted by Crippen LogP contribution is -2.48. The van der Waals surface area contributed by atoms with Crippen molar-refractivity contribution in [2.75, 3.05) is 0 Å². The van der Waals surface area contributed by atoms with Crippen LogP contribution in [0.3, 0.4) is 0 Å². The molecule has 3 heteroatoms. The minimum absolute atomic E-state index is 0.0734. The molecule has 1 aliphatic rings. The van der Waals surface area contributed by atoms with Crippen molar-refractivity contribution in [2.24, 2.45) is 0 Å². The molecule has 21 heavy (non-hydrogen) atoms. The second-order valence-electron chi connectivity index (χ2n) is 5.61. The van der Waals surface area contributed by atoms with Gasteiger partial charge in [-0.1, -0.05) is 48.9 Å². The number of rotatable bonds is 4. The van der Waals surface area contributed by atoms with Gasteiger partial charge in [-0.15, -0.1) is 0 Å². The van der Waals surface area contributed by atoms with Crippen molar-refractivity contribution < 1.29 is 9.18 Å². The quantitative estimate of drug-likeness (QED) is 0.913. The van der Waals surface area contributed by atoms with E-state index in [1.807, 2.05) is 30.3 Å². The molecule has 0 saturated heterocycles. The number of halogens is 1. The first-order valence-electron chi connectivity index (χ1n) is 7.29. The molecular formula is C18H18FNO. The first-order chi connectivity index (χ1) is 10.2. The van der Waals surface area contributed by atoms with Crippen molar-refractivity contribution in [3.8, 4) is 0 Å². The molecule has 1 aliphatic carbocycles. The third-order valence-electron chi connectivity index (χ3n) is 4.33. The smallest absolute Gasteiger partial charge is 0.230 e. The van der Waals surface area contributed by atoms with Gasteiger partial charge in [-0.3, -0.25) is 4.79 Å². The minimum atomic E-state index is -0.374. The van der Waals surface area contributed by atoms with Crippen LogP contribution in [0.15, 0.2) is 54.6 Å². The average Bonchev–Trinajstić information content (AvgIpc) is 2.47. The van der Waals surface area contributed by atoms with Crippen molar-refractivity contribution in [2.45, 2.75) is 31.2 Å². The van der Waals surface area contributed by atoms with Crippen molar-refractivity contribution >= 4 is 5.91 Å². The summed E-state index contributed by atoms with van der Waals surface area (Å²) in [4.78, 5) is 12.6. The highest BCUT2D eigenvalue weighted by Gasteiger charge is 2.45. The molecule has 0 bridgehead atoms. The topological polar surface area (TPSA) is 29.1 Å². The minimum Gasteiger partial charge on any atom is -0.351 e. The van der Waals surface area contributed by atoms with Crippen LogP contribution in [0, 0.1) is 5.82 Å². The Morgan fingerprint density at radius 1 is 1.05 bits per heavy atom. The number of benzene rings is 2. The van der Waals surface area contributed by atoms with Gasteiger partial charge in [0.05, 0.1) is 5.41 Å². The predicted molar refractivity (Wildman–Crippen MR) is 80.2 cm³/mol. The van der Waals surface area contributed by atoms with Gasteiger partial charge in [0.15, 0.2) is 0 Å². The van der Waals surface area contributed by atoms with Gasteiger partial charge in [-0.25, -0.2) is 4.39 Å². The van der Waals surface area contributed by atoms with Gasteiger partial charge in [0.25, 0.3) is 0 Å². The van der Waals surface area contributed by atoms with E-state index < -0.39 is 0 Å². The summed E-state index contributed by atoms with van der Waals surface area (Å²) in [5.74, 6) is -0.186. The molecule has 3 rings (SSSR count). The first kappa shape index (κ1) is 13.8. The van der Waals surface area contributed by atoms with Gasteiger partial charge in [-0.05, 0) is 36.1 Å². The molecule has 2 aromatic rings. The molecule has 2 aromatic carbocycles. The van der Waals surface area contributed by atoms with E-state index in [1.54, 1.807) is 12.1 Å². The van der Waals surface area contributed by atoms with Gasteiger partial charge in [0, 0.05) is 6.54 Å². The summed E-state index contributed by atoms with van der Waals surface area (Å²) in [5.41, 5.74) is 1.63. The molecule has 1 saturated carbocycles. The van der Waals surface area contributed by atoms with E-state index in [4.69, 9.17) is 0 Å². The average molecular weight is 283 g/mol. The number of carbonyl (C=O) groups excluding carboxylic acids is 1. The molecule has 2 nitrogen and oxygen atoms in total. The Hall–Kier alpha value is -2.16. The molecule has 0 spiro atoms. The fourth-order valence-corrected chi connectivity index (χ4v) is 2.89. The maximum absolute atomic E-state index is 12.9. The molecule has 0 unspecified atom stereocenters. The van der Waals surface area contributed by atoms with E-state index in [9.17, 15) is 9.18 Å². The van der Waals surface area contributed by atoms with E-state index in [0.717, 1.165) is 30.4 Å².